The molecule has 2 aromatic rings. The van der Waals surface area contributed by atoms with Crippen LogP contribution in [0.2, 0.25) is 0 Å². The molecule has 2 rings (SSSR count). The van der Waals surface area contributed by atoms with Crippen molar-refractivity contribution < 1.29 is 22.0 Å². The number of carbonyl (C=O) groups excluding carboxylic acids is 1. The summed E-state index contributed by atoms with van der Waals surface area (Å²) in [6.07, 6.45) is 0. The average molecular weight is 340 g/mol. The minimum Gasteiger partial charge on any atom is -0.326 e. The molecule has 0 saturated carbocycles. The van der Waals surface area contributed by atoms with E-state index in [4.69, 9.17) is 0 Å². The Morgan fingerprint density at radius 1 is 1.04 bits per heavy atom. The number of halogens is 2. The van der Waals surface area contributed by atoms with Crippen molar-refractivity contribution in [2.75, 3.05) is 10.0 Å². The van der Waals surface area contributed by atoms with Crippen molar-refractivity contribution in [1.82, 2.24) is 0 Å². The number of aryl methyl sites for hydroxylation is 1. The molecule has 0 radical (unpaired) electrons. The van der Waals surface area contributed by atoms with Gasteiger partial charge < -0.3 is 5.32 Å². The van der Waals surface area contributed by atoms with Crippen LogP contribution in [0.5, 0.6) is 0 Å². The van der Waals surface area contributed by atoms with E-state index in [1.54, 1.807) is 6.92 Å². The van der Waals surface area contributed by atoms with Gasteiger partial charge in [-0.2, -0.15) is 0 Å². The zero-order valence-electron chi connectivity index (χ0n) is 12.4. The lowest BCUT2D eigenvalue weighted by Crippen LogP contribution is -2.15. The van der Waals surface area contributed by atoms with Crippen molar-refractivity contribution in [3.63, 3.8) is 0 Å². The van der Waals surface area contributed by atoms with Crippen molar-refractivity contribution in [1.29, 1.82) is 0 Å². The molecule has 8 heteroatoms. The number of nitrogens with one attached hydrogen (secondary N) is 2. The van der Waals surface area contributed by atoms with Crippen LogP contribution in [0, 0.1) is 18.6 Å². The van der Waals surface area contributed by atoms with Gasteiger partial charge in [0.1, 0.15) is 11.6 Å². The van der Waals surface area contributed by atoms with E-state index in [1.807, 2.05) is 0 Å². The first-order chi connectivity index (χ1) is 10.7. The Labute approximate surface area is 132 Å². The average Bonchev–Trinajstić information content (AvgIpc) is 2.43. The molecule has 2 N–H and O–H groups in total. The van der Waals surface area contributed by atoms with Crippen LogP contribution in [0.15, 0.2) is 41.3 Å². The van der Waals surface area contributed by atoms with Crippen molar-refractivity contribution in [3.05, 3.63) is 53.6 Å². The van der Waals surface area contributed by atoms with Gasteiger partial charge >= 0.3 is 0 Å². The second-order valence-corrected chi connectivity index (χ2v) is 6.57. The maximum Gasteiger partial charge on any atom is 0.261 e. The second-order valence-electron chi connectivity index (χ2n) is 4.89. The predicted molar refractivity (Wildman–Crippen MR) is 82.6 cm³/mol. The van der Waals surface area contributed by atoms with Gasteiger partial charge in [-0.05, 0) is 42.8 Å². The molecule has 0 spiro atoms. The quantitative estimate of drug-likeness (QED) is 0.898. The van der Waals surface area contributed by atoms with Gasteiger partial charge in [0, 0.05) is 18.7 Å². The highest BCUT2D eigenvalue weighted by Gasteiger charge is 2.17. The third-order valence-corrected chi connectivity index (χ3v) is 4.36. The summed E-state index contributed by atoms with van der Waals surface area (Å²) >= 11 is 0. The topological polar surface area (TPSA) is 75.3 Å². The van der Waals surface area contributed by atoms with E-state index >= 15 is 0 Å². The summed E-state index contributed by atoms with van der Waals surface area (Å²) in [4.78, 5) is 10.9. The second kappa shape index (κ2) is 6.33. The summed E-state index contributed by atoms with van der Waals surface area (Å²) in [6.45, 7) is 2.96. The molecular weight excluding hydrogens is 326 g/mol. The predicted octanol–water partition coefficient (Wildman–Crippen LogP) is 3.03. The normalized spacial score (nSPS) is 11.1. The summed E-state index contributed by atoms with van der Waals surface area (Å²) in [5.74, 6) is -2.10. The molecule has 1 amide bonds. The van der Waals surface area contributed by atoms with Crippen molar-refractivity contribution >= 4 is 27.3 Å². The monoisotopic (exact) mass is 340 g/mol. The summed E-state index contributed by atoms with van der Waals surface area (Å²) in [5.41, 5.74) is 0.655. The molecule has 0 atom stereocenters. The molecule has 0 aliphatic rings. The van der Waals surface area contributed by atoms with E-state index in [1.165, 1.54) is 25.1 Å². The van der Waals surface area contributed by atoms with Gasteiger partial charge in [-0.1, -0.05) is 0 Å². The number of benzene rings is 2. The zero-order valence-corrected chi connectivity index (χ0v) is 13.2. The SMILES string of the molecule is CC(=O)Nc1ccc(S(=O)(=O)Nc2ccc(F)cc2F)cc1C. The van der Waals surface area contributed by atoms with Crippen molar-refractivity contribution in [3.8, 4) is 0 Å². The maximum atomic E-state index is 13.6. The largest absolute Gasteiger partial charge is 0.326 e. The van der Waals surface area contributed by atoms with E-state index in [0.717, 1.165) is 12.1 Å². The smallest absolute Gasteiger partial charge is 0.261 e. The Balaban J connectivity index is 2.32. The summed E-state index contributed by atoms with van der Waals surface area (Å²) in [7, 11) is -4.04. The Hall–Kier alpha value is -2.48. The minimum atomic E-state index is -4.04. The summed E-state index contributed by atoms with van der Waals surface area (Å²) in [5, 5.41) is 2.56. The van der Waals surface area contributed by atoms with Crippen LogP contribution in [0.1, 0.15) is 12.5 Å². The third-order valence-electron chi connectivity index (χ3n) is 2.99. The molecule has 0 aliphatic carbocycles. The Bertz CT molecular complexity index is 867. The van der Waals surface area contributed by atoms with E-state index in [0.29, 0.717) is 17.3 Å². The van der Waals surface area contributed by atoms with E-state index in [-0.39, 0.29) is 16.5 Å². The van der Waals surface area contributed by atoms with Crippen LogP contribution in [-0.2, 0) is 14.8 Å². The van der Waals surface area contributed by atoms with Gasteiger partial charge in [0.2, 0.25) is 5.91 Å². The highest BCUT2D eigenvalue weighted by Crippen LogP contribution is 2.23. The molecular formula is C15H14F2N2O3S. The van der Waals surface area contributed by atoms with E-state index in [9.17, 15) is 22.0 Å². The minimum absolute atomic E-state index is 0.104. The van der Waals surface area contributed by atoms with E-state index < -0.39 is 21.7 Å². The van der Waals surface area contributed by atoms with Crippen LogP contribution in [0.25, 0.3) is 0 Å². The highest BCUT2D eigenvalue weighted by molar-refractivity contribution is 7.92. The lowest BCUT2D eigenvalue weighted by molar-refractivity contribution is -0.114. The van der Waals surface area contributed by atoms with Crippen LogP contribution >= 0.6 is 0 Å². The van der Waals surface area contributed by atoms with Crippen LogP contribution in [0.4, 0.5) is 20.2 Å². The van der Waals surface area contributed by atoms with Gasteiger partial charge in [0.05, 0.1) is 10.6 Å². The molecule has 0 saturated heterocycles. The molecule has 2 aromatic carbocycles. The molecule has 0 heterocycles. The maximum absolute atomic E-state index is 13.6. The first kappa shape index (κ1) is 16.9. The van der Waals surface area contributed by atoms with Crippen LogP contribution < -0.4 is 10.0 Å². The van der Waals surface area contributed by atoms with Gasteiger partial charge in [0.15, 0.2) is 0 Å². The van der Waals surface area contributed by atoms with Crippen LogP contribution in [0.3, 0.4) is 0 Å². The number of sulfonamides is 1. The first-order valence-corrected chi connectivity index (χ1v) is 8.03. The number of amides is 1. The number of hydrogen-bond donors (Lipinski definition) is 2. The molecule has 23 heavy (non-hydrogen) atoms. The fraction of sp³-hybridized carbons (Fsp3) is 0.133. The number of carbonyl (C=O) groups is 1. The molecule has 0 aromatic heterocycles. The van der Waals surface area contributed by atoms with Crippen LogP contribution in [-0.4, -0.2) is 14.3 Å². The van der Waals surface area contributed by atoms with Crippen molar-refractivity contribution in [2.45, 2.75) is 18.7 Å². The number of rotatable bonds is 4. The Kier molecular flexibility index (Phi) is 4.65. The number of anilines is 2. The van der Waals surface area contributed by atoms with Gasteiger partial charge in [-0.15, -0.1) is 0 Å². The Morgan fingerprint density at radius 3 is 2.26 bits per heavy atom. The molecule has 122 valence electrons. The first-order valence-electron chi connectivity index (χ1n) is 6.55. The van der Waals surface area contributed by atoms with Gasteiger partial charge in [0.25, 0.3) is 10.0 Å². The molecule has 0 aliphatic heterocycles. The molecule has 0 bridgehead atoms. The standard InChI is InChI=1S/C15H14F2N2O3S/c1-9-7-12(4-6-14(9)18-10(2)20)23(21,22)19-15-5-3-11(16)8-13(15)17/h3-8,19H,1-2H3,(H,18,20). The fourth-order valence-corrected chi connectivity index (χ4v) is 3.06. The lowest BCUT2D eigenvalue weighted by atomic mass is 10.2. The Morgan fingerprint density at radius 2 is 1.70 bits per heavy atom. The summed E-state index contributed by atoms with van der Waals surface area (Å²) in [6, 6.07) is 6.60. The summed E-state index contributed by atoms with van der Waals surface area (Å²) < 4.78 is 53.0. The van der Waals surface area contributed by atoms with Gasteiger partial charge in [-0.25, -0.2) is 17.2 Å². The lowest BCUT2D eigenvalue weighted by Gasteiger charge is -2.12. The zero-order chi connectivity index (χ0) is 17.2. The third kappa shape index (κ3) is 4.04. The molecule has 5 nitrogen and oxygen atoms in total. The molecule has 0 fully saturated rings. The van der Waals surface area contributed by atoms with E-state index in [2.05, 4.69) is 10.0 Å². The fourth-order valence-electron chi connectivity index (χ4n) is 1.91. The molecule has 0 unspecified atom stereocenters. The van der Waals surface area contributed by atoms with Gasteiger partial charge in [-0.3, -0.25) is 9.52 Å². The highest BCUT2D eigenvalue weighted by atomic mass is 32.2. The van der Waals surface area contributed by atoms with Crippen molar-refractivity contribution in [2.24, 2.45) is 0 Å². The number of hydrogen-bond acceptors (Lipinski definition) is 3.